The number of ether oxygens (including phenoxy) is 1. The molecule has 7 nitrogen and oxygen atoms in total. The minimum Gasteiger partial charge on any atom is -0.371 e. The molecule has 2 saturated heterocycles. The third-order valence-electron chi connectivity index (χ3n) is 7.81. The summed E-state index contributed by atoms with van der Waals surface area (Å²) in [6.07, 6.45) is 2.40. The van der Waals surface area contributed by atoms with E-state index in [1.165, 1.54) is 0 Å². The number of carbonyl (C=O) groups is 1. The Morgan fingerprint density at radius 3 is 2.63 bits per heavy atom. The van der Waals surface area contributed by atoms with E-state index in [1.807, 2.05) is 42.2 Å². The number of nitrogens with zero attached hydrogens (tertiary/aromatic N) is 3. The molecule has 0 bridgehead atoms. The molecular formula is C29H39N3O4S2. The number of para-hydroxylation sites is 1. The van der Waals surface area contributed by atoms with Crippen LogP contribution in [0.5, 0.6) is 0 Å². The van der Waals surface area contributed by atoms with E-state index < -0.39 is 15.6 Å². The molecule has 2 fully saturated rings. The molecule has 0 radical (unpaired) electrons. The van der Waals surface area contributed by atoms with Gasteiger partial charge < -0.3 is 9.64 Å². The normalized spacial score (nSPS) is 25.1. The molecule has 1 amide bonds. The molecule has 0 saturated carbocycles. The second-order valence-corrected chi connectivity index (χ2v) is 14.3. The van der Waals surface area contributed by atoms with Crippen LogP contribution in [-0.2, 0) is 19.6 Å². The van der Waals surface area contributed by atoms with Crippen LogP contribution in [0.1, 0.15) is 38.7 Å². The highest BCUT2D eigenvalue weighted by atomic mass is 32.2. The molecule has 3 heterocycles. The SMILES string of the molecule is Cc1ccc(S(=O)(=O)N2CC3(CCCN(CC(=O)N4CCSc5ccccc54)C3)OC[C@@H]2CC(C)C)cc1. The molecule has 2 aromatic carbocycles. The maximum Gasteiger partial charge on any atom is 0.243 e. The predicted octanol–water partition coefficient (Wildman–Crippen LogP) is 4.40. The molecule has 2 atom stereocenters. The van der Waals surface area contributed by atoms with Gasteiger partial charge in [0, 0.05) is 36.3 Å². The van der Waals surface area contributed by atoms with Crippen molar-refractivity contribution in [1.82, 2.24) is 9.21 Å². The first-order valence-electron chi connectivity index (χ1n) is 13.6. The number of benzene rings is 2. The average Bonchev–Trinajstić information content (AvgIpc) is 2.89. The lowest BCUT2D eigenvalue weighted by atomic mass is 9.89. The summed E-state index contributed by atoms with van der Waals surface area (Å²) in [6, 6.07) is 15.0. The highest BCUT2D eigenvalue weighted by molar-refractivity contribution is 7.99. The largest absolute Gasteiger partial charge is 0.371 e. The van der Waals surface area contributed by atoms with Crippen molar-refractivity contribution in [3.8, 4) is 0 Å². The standard InChI is InChI=1S/C29H39N3O4S2/c1-22(2)17-24-19-36-29(21-32(24)38(34,35)25-11-9-23(3)10-12-25)13-6-14-30(20-29)18-28(33)31-15-16-37-27-8-5-4-7-26(27)31/h4-5,7-12,22,24H,6,13-21H2,1-3H3/t24-,29?/m0/s1. The fraction of sp³-hybridized carbons (Fsp3) is 0.552. The van der Waals surface area contributed by atoms with E-state index in [9.17, 15) is 13.2 Å². The quantitative estimate of drug-likeness (QED) is 0.524. The monoisotopic (exact) mass is 557 g/mol. The number of piperidine rings is 1. The number of likely N-dealkylation sites (tertiary alicyclic amines) is 1. The molecule has 3 aliphatic heterocycles. The first-order chi connectivity index (χ1) is 18.2. The highest BCUT2D eigenvalue weighted by Gasteiger charge is 2.48. The first-order valence-corrected chi connectivity index (χ1v) is 16.1. The van der Waals surface area contributed by atoms with Crippen molar-refractivity contribution >= 4 is 33.4 Å². The number of carbonyl (C=O) groups excluding carboxylic acids is 1. The molecule has 206 valence electrons. The predicted molar refractivity (Wildman–Crippen MR) is 152 cm³/mol. The summed E-state index contributed by atoms with van der Waals surface area (Å²) in [5, 5.41) is 0. The number of rotatable bonds is 6. The number of thioether (sulfide) groups is 1. The summed E-state index contributed by atoms with van der Waals surface area (Å²) >= 11 is 1.79. The fourth-order valence-electron chi connectivity index (χ4n) is 5.95. The summed E-state index contributed by atoms with van der Waals surface area (Å²) < 4.78 is 36.0. The van der Waals surface area contributed by atoms with Crippen LogP contribution < -0.4 is 4.90 Å². The van der Waals surface area contributed by atoms with Crippen molar-refractivity contribution < 1.29 is 17.9 Å². The van der Waals surface area contributed by atoms with Crippen LogP contribution >= 0.6 is 11.8 Å². The molecule has 0 aliphatic carbocycles. The Morgan fingerprint density at radius 1 is 1.11 bits per heavy atom. The summed E-state index contributed by atoms with van der Waals surface area (Å²) in [5.74, 6) is 1.32. The van der Waals surface area contributed by atoms with Gasteiger partial charge in [0.05, 0.1) is 29.3 Å². The summed E-state index contributed by atoms with van der Waals surface area (Å²) in [5.41, 5.74) is 1.41. The van der Waals surface area contributed by atoms with Crippen molar-refractivity contribution in [2.24, 2.45) is 5.92 Å². The van der Waals surface area contributed by atoms with E-state index in [4.69, 9.17) is 4.74 Å². The smallest absolute Gasteiger partial charge is 0.243 e. The topological polar surface area (TPSA) is 70.2 Å². The van der Waals surface area contributed by atoms with Gasteiger partial charge >= 0.3 is 0 Å². The van der Waals surface area contributed by atoms with Crippen LogP contribution in [-0.4, -0.2) is 80.3 Å². The van der Waals surface area contributed by atoms with Crippen molar-refractivity contribution in [3.63, 3.8) is 0 Å². The van der Waals surface area contributed by atoms with E-state index >= 15 is 0 Å². The van der Waals surface area contributed by atoms with Crippen molar-refractivity contribution in [3.05, 3.63) is 54.1 Å². The molecule has 5 rings (SSSR count). The minimum absolute atomic E-state index is 0.0902. The average molecular weight is 558 g/mol. The number of sulfonamides is 1. The lowest BCUT2D eigenvalue weighted by Crippen LogP contribution is -2.64. The second kappa shape index (κ2) is 11.3. The Labute approximate surface area is 231 Å². The van der Waals surface area contributed by atoms with Crippen molar-refractivity contribution in [2.45, 2.75) is 61.5 Å². The summed E-state index contributed by atoms with van der Waals surface area (Å²) in [7, 11) is -3.68. The number of hydrogen-bond donors (Lipinski definition) is 0. The van der Waals surface area contributed by atoms with Gasteiger partial charge in [0.2, 0.25) is 15.9 Å². The molecule has 0 aromatic heterocycles. The lowest BCUT2D eigenvalue weighted by molar-refractivity contribution is -0.146. The molecule has 1 spiro atoms. The fourth-order valence-corrected chi connectivity index (χ4v) is 8.64. The Balaban J connectivity index is 1.34. The Hall–Kier alpha value is -1.91. The summed E-state index contributed by atoms with van der Waals surface area (Å²) in [4.78, 5) is 19.0. The minimum atomic E-state index is -3.68. The Kier molecular flexibility index (Phi) is 8.22. The van der Waals surface area contributed by atoms with Gasteiger partial charge in [0.1, 0.15) is 0 Å². The van der Waals surface area contributed by atoms with E-state index in [2.05, 4.69) is 24.8 Å². The van der Waals surface area contributed by atoms with Gasteiger partial charge in [-0.3, -0.25) is 9.69 Å². The number of morpholine rings is 1. The molecule has 38 heavy (non-hydrogen) atoms. The van der Waals surface area contributed by atoms with Gasteiger partial charge in [0.15, 0.2) is 0 Å². The van der Waals surface area contributed by atoms with Crippen LogP contribution in [0.15, 0.2) is 58.3 Å². The van der Waals surface area contributed by atoms with Crippen molar-refractivity contribution in [2.75, 3.05) is 50.0 Å². The van der Waals surface area contributed by atoms with Crippen molar-refractivity contribution in [1.29, 1.82) is 0 Å². The highest BCUT2D eigenvalue weighted by Crippen LogP contribution is 2.37. The first kappa shape index (κ1) is 27.6. The van der Waals surface area contributed by atoms with Crippen LogP contribution in [0.2, 0.25) is 0 Å². The zero-order valence-electron chi connectivity index (χ0n) is 22.6. The van der Waals surface area contributed by atoms with Crippen LogP contribution in [0.25, 0.3) is 0 Å². The zero-order valence-corrected chi connectivity index (χ0v) is 24.3. The third kappa shape index (κ3) is 5.82. The van der Waals surface area contributed by atoms with Crippen LogP contribution in [0.3, 0.4) is 0 Å². The van der Waals surface area contributed by atoms with Gasteiger partial charge in [-0.1, -0.05) is 43.7 Å². The van der Waals surface area contributed by atoms with Gasteiger partial charge in [-0.25, -0.2) is 8.42 Å². The summed E-state index contributed by atoms with van der Waals surface area (Å²) in [6.45, 7) is 9.26. The van der Waals surface area contributed by atoms with Gasteiger partial charge in [0.25, 0.3) is 0 Å². The number of hydrogen-bond acceptors (Lipinski definition) is 6. The van der Waals surface area contributed by atoms with E-state index in [1.54, 1.807) is 28.2 Å². The number of fused-ring (bicyclic) bond motifs is 1. The van der Waals surface area contributed by atoms with Gasteiger partial charge in [-0.15, -0.1) is 11.8 Å². The number of aryl methyl sites for hydroxylation is 1. The molecule has 2 aromatic rings. The van der Waals surface area contributed by atoms with E-state index in [0.717, 1.165) is 47.7 Å². The van der Waals surface area contributed by atoms with Crippen LogP contribution in [0.4, 0.5) is 5.69 Å². The number of amides is 1. The Morgan fingerprint density at radius 2 is 1.87 bits per heavy atom. The number of anilines is 1. The van der Waals surface area contributed by atoms with Gasteiger partial charge in [-0.05, 0) is 62.9 Å². The maximum atomic E-state index is 13.9. The molecule has 0 N–H and O–H groups in total. The van der Waals surface area contributed by atoms with E-state index in [-0.39, 0.29) is 11.9 Å². The van der Waals surface area contributed by atoms with Crippen LogP contribution in [0, 0.1) is 12.8 Å². The van der Waals surface area contributed by atoms with E-state index in [0.29, 0.717) is 43.6 Å². The third-order valence-corrected chi connectivity index (χ3v) is 10.8. The lowest BCUT2D eigenvalue weighted by Gasteiger charge is -2.50. The molecular weight excluding hydrogens is 518 g/mol. The maximum absolute atomic E-state index is 13.9. The van der Waals surface area contributed by atoms with Gasteiger partial charge in [-0.2, -0.15) is 4.31 Å². The zero-order chi connectivity index (χ0) is 26.9. The Bertz CT molecular complexity index is 1250. The molecule has 3 aliphatic rings. The molecule has 1 unspecified atom stereocenters. The second-order valence-electron chi connectivity index (χ2n) is 11.3. The molecule has 9 heteroatoms.